The highest BCUT2D eigenvalue weighted by atomic mass is 19.4. The van der Waals surface area contributed by atoms with E-state index in [0.29, 0.717) is 37.4 Å². The molecule has 5 rings (SSSR count). The van der Waals surface area contributed by atoms with Gasteiger partial charge >= 0.3 is 6.36 Å². The first-order valence-electron chi connectivity index (χ1n) is 11.5. The number of hydrogen-bond donors (Lipinski definition) is 1. The molecule has 1 aliphatic heterocycles. The van der Waals surface area contributed by atoms with E-state index >= 15 is 0 Å². The largest absolute Gasteiger partial charge is 0.573 e. The fourth-order valence-electron chi connectivity index (χ4n) is 4.35. The molecule has 0 bridgehead atoms. The predicted molar refractivity (Wildman–Crippen MR) is 123 cm³/mol. The number of nitrogens with one attached hydrogen (secondary N) is 1. The number of aromatic nitrogens is 3. The maximum atomic E-state index is 13.1. The first kappa shape index (κ1) is 24.1. The van der Waals surface area contributed by atoms with Gasteiger partial charge in [-0.2, -0.15) is 4.68 Å². The highest BCUT2D eigenvalue weighted by molar-refractivity contribution is 5.61. The standard InChI is InChI=1S/C24H23F3N4O5/c25-24(26,27)36-16-9-7-15(8-10-16)31-22(32)18-5-1-4-17(18)21(29-31)28-19-6-2-11-30(23(19)33)14-20-34-12-3-13-35-20/h2,6-11,20H,1,3-5,12-14H2,(H,28,29). The van der Waals surface area contributed by atoms with Gasteiger partial charge in [-0.3, -0.25) is 9.59 Å². The number of ether oxygens (including phenoxy) is 3. The monoisotopic (exact) mass is 504 g/mol. The van der Waals surface area contributed by atoms with Crippen LogP contribution >= 0.6 is 0 Å². The molecule has 0 saturated carbocycles. The number of hydrogen-bond acceptors (Lipinski definition) is 7. The molecule has 0 atom stereocenters. The quantitative estimate of drug-likeness (QED) is 0.550. The summed E-state index contributed by atoms with van der Waals surface area (Å²) in [6, 6.07) is 8.19. The van der Waals surface area contributed by atoms with Gasteiger partial charge in [-0.15, -0.1) is 18.3 Å². The van der Waals surface area contributed by atoms with Gasteiger partial charge < -0.3 is 24.1 Å². The van der Waals surface area contributed by atoms with E-state index in [1.807, 2.05) is 0 Å². The first-order chi connectivity index (χ1) is 17.3. The second kappa shape index (κ2) is 9.78. The summed E-state index contributed by atoms with van der Waals surface area (Å²) in [6.45, 7) is 1.36. The van der Waals surface area contributed by atoms with Gasteiger partial charge in [-0.25, -0.2) is 0 Å². The Morgan fingerprint density at radius 2 is 1.72 bits per heavy atom. The van der Waals surface area contributed by atoms with Crippen LogP contribution in [0.1, 0.15) is 24.0 Å². The van der Waals surface area contributed by atoms with Crippen molar-refractivity contribution in [2.24, 2.45) is 0 Å². The third-order valence-corrected chi connectivity index (χ3v) is 5.98. The molecule has 12 heteroatoms. The summed E-state index contributed by atoms with van der Waals surface area (Å²) in [6.07, 6.45) is -0.992. The van der Waals surface area contributed by atoms with Gasteiger partial charge in [0, 0.05) is 17.3 Å². The average Bonchev–Trinajstić information content (AvgIpc) is 3.35. The Labute approximate surface area is 203 Å². The number of anilines is 2. The predicted octanol–water partition coefficient (Wildman–Crippen LogP) is 3.29. The second-order valence-electron chi connectivity index (χ2n) is 8.45. The van der Waals surface area contributed by atoms with Crippen LogP contribution < -0.4 is 21.2 Å². The van der Waals surface area contributed by atoms with E-state index in [4.69, 9.17) is 9.47 Å². The topological polar surface area (TPSA) is 96.6 Å². The van der Waals surface area contributed by atoms with Crippen molar-refractivity contribution in [2.45, 2.75) is 44.9 Å². The van der Waals surface area contributed by atoms with Crippen molar-refractivity contribution in [3.05, 3.63) is 74.4 Å². The first-order valence-corrected chi connectivity index (χ1v) is 11.5. The van der Waals surface area contributed by atoms with Crippen LogP contribution in [0.3, 0.4) is 0 Å². The Balaban J connectivity index is 1.46. The Morgan fingerprint density at radius 1 is 1.00 bits per heavy atom. The molecule has 1 aliphatic carbocycles. The Bertz CT molecular complexity index is 1360. The minimum absolute atomic E-state index is 0.228. The lowest BCUT2D eigenvalue weighted by atomic mass is 10.2. The van der Waals surface area contributed by atoms with Crippen LogP contribution in [0.5, 0.6) is 5.75 Å². The fraction of sp³-hybridized carbons (Fsp3) is 0.375. The lowest BCUT2D eigenvalue weighted by Gasteiger charge is -2.24. The van der Waals surface area contributed by atoms with Crippen LogP contribution in [-0.4, -0.2) is 40.2 Å². The third kappa shape index (κ3) is 5.14. The molecule has 9 nitrogen and oxygen atoms in total. The molecular weight excluding hydrogens is 481 g/mol. The number of pyridine rings is 1. The highest BCUT2D eigenvalue weighted by Gasteiger charge is 2.31. The van der Waals surface area contributed by atoms with Crippen LogP contribution in [0.15, 0.2) is 52.2 Å². The smallest absolute Gasteiger partial charge is 0.406 e. The summed E-state index contributed by atoms with van der Waals surface area (Å²) < 4.78 is 55.1. The highest BCUT2D eigenvalue weighted by Crippen LogP contribution is 2.28. The van der Waals surface area contributed by atoms with Gasteiger partial charge in [-0.1, -0.05) is 0 Å². The van der Waals surface area contributed by atoms with Gasteiger partial charge in [0.25, 0.3) is 11.1 Å². The van der Waals surface area contributed by atoms with Gasteiger partial charge in [-0.05, 0) is 62.1 Å². The number of nitrogens with zero attached hydrogens (tertiary/aromatic N) is 3. The van der Waals surface area contributed by atoms with Crippen LogP contribution in [0.25, 0.3) is 5.69 Å². The molecular formula is C24H23F3N4O5. The minimum atomic E-state index is -4.82. The van der Waals surface area contributed by atoms with Crippen LogP contribution in [0, 0.1) is 0 Å². The lowest BCUT2D eigenvalue weighted by Crippen LogP contribution is -2.34. The molecule has 3 heterocycles. The second-order valence-corrected chi connectivity index (χ2v) is 8.45. The lowest BCUT2D eigenvalue weighted by molar-refractivity contribution is -0.274. The van der Waals surface area contributed by atoms with Crippen LogP contribution in [0.2, 0.25) is 0 Å². The van der Waals surface area contributed by atoms with E-state index in [1.165, 1.54) is 16.7 Å². The zero-order valence-corrected chi connectivity index (χ0v) is 19.1. The van der Waals surface area contributed by atoms with E-state index in [0.717, 1.165) is 35.2 Å². The van der Waals surface area contributed by atoms with Gasteiger partial charge in [0.2, 0.25) is 0 Å². The van der Waals surface area contributed by atoms with E-state index < -0.39 is 18.4 Å². The Morgan fingerprint density at radius 3 is 2.44 bits per heavy atom. The molecule has 36 heavy (non-hydrogen) atoms. The summed E-state index contributed by atoms with van der Waals surface area (Å²) in [5, 5.41) is 7.50. The van der Waals surface area contributed by atoms with Crippen LogP contribution in [0.4, 0.5) is 24.7 Å². The molecule has 0 amide bonds. The van der Waals surface area contributed by atoms with Crippen molar-refractivity contribution in [1.29, 1.82) is 0 Å². The number of alkyl halides is 3. The zero-order chi connectivity index (χ0) is 25.3. The molecule has 1 fully saturated rings. The normalized spacial score (nSPS) is 16.1. The summed E-state index contributed by atoms with van der Waals surface area (Å²) in [4.78, 5) is 26.2. The molecule has 1 aromatic carbocycles. The SMILES string of the molecule is O=c1c(Nc2nn(-c3ccc(OC(F)(F)F)cc3)c(=O)c3c2CCC3)cccn1CC1OCCCO1. The van der Waals surface area contributed by atoms with Crippen molar-refractivity contribution in [1.82, 2.24) is 14.3 Å². The molecule has 0 radical (unpaired) electrons. The van der Waals surface area contributed by atoms with E-state index in [2.05, 4.69) is 15.2 Å². The minimum Gasteiger partial charge on any atom is -0.406 e. The van der Waals surface area contributed by atoms with Crippen LogP contribution in [-0.2, 0) is 28.9 Å². The van der Waals surface area contributed by atoms with E-state index in [-0.39, 0.29) is 29.0 Å². The number of fused-ring (bicyclic) bond motifs is 1. The zero-order valence-electron chi connectivity index (χ0n) is 19.1. The Kier molecular flexibility index (Phi) is 6.54. The average molecular weight is 504 g/mol. The molecule has 190 valence electrons. The maximum absolute atomic E-state index is 13.1. The van der Waals surface area contributed by atoms with Gasteiger partial charge in [0.1, 0.15) is 11.4 Å². The van der Waals surface area contributed by atoms with Crippen molar-refractivity contribution < 1.29 is 27.4 Å². The molecule has 3 aromatic rings. The number of rotatable bonds is 6. The molecule has 2 aliphatic rings. The molecule has 0 unspecified atom stereocenters. The van der Waals surface area contributed by atoms with Crippen molar-refractivity contribution in [3.8, 4) is 11.4 Å². The van der Waals surface area contributed by atoms with Crippen molar-refractivity contribution in [3.63, 3.8) is 0 Å². The van der Waals surface area contributed by atoms with E-state index in [1.54, 1.807) is 18.3 Å². The summed E-state index contributed by atoms with van der Waals surface area (Å²) in [5.74, 6) is -0.0627. The Hall–Kier alpha value is -3.64. The van der Waals surface area contributed by atoms with Gasteiger partial charge in [0.05, 0.1) is 25.4 Å². The number of benzene rings is 1. The summed E-state index contributed by atoms with van der Waals surface area (Å²) in [7, 11) is 0. The van der Waals surface area contributed by atoms with E-state index in [9.17, 15) is 22.8 Å². The molecule has 2 aromatic heterocycles. The van der Waals surface area contributed by atoms with Crippen molar-refractivity contribution >= 4 is 11.5 Å². The summed E-state index contributed by atoms with van der Waals surface area (Å²) >= 11 is 0. The van der Waals surface area contributed by atoms with Gasteiger partial charge in [0.15, 0.2) is 12.1 Å². The number of halogens is 3. The molecule has 0 spiro atoms. The van der Waals surface area contributed by atoms with Crippen molar-refractivity contribution in [2.75, 3.05) is 18.5 Å². The third-order valence-electron chi connectivity index (χ3n) is 5.98. The fourth-order valence-corrected chi connectivity index (χ4v) is 4.35. The molecule has 1 saturated heterocycles. The molecule has 1 N–H and O–H groups in total. The maximum Gasteiger partial charge on any atom is 0.573 e. The summed E-state index contributed by atoms with van der Waals surface area (Å²) in [5.41, 5.74) is 1.15.